The highest BCUT2D eigenvalue weighted by Gasteiger charge is 2.32. The zero-order valence-corrected chi connectivity index (χ0v) is 8.23. The molecule has 3 heteroatoms. The van der Waals surface area contributed by atoms with Gasteiger partial charge in [-0.15, -0.1) is 0 Å². The van der Waals surface area contributed by atoms with E-state index in [2.05, 4.69) is 17.2 Å². The van der Waals surface area contributed by atoms with Gasteiger partial charge >= 0.3 is 0 Å². The minimum atomic E-state index is 0.146. The van der Waals surface area contributed by atoms with E-state index in [1.54, 1.807) is 6.20 Å². The topological polar surface area (TPSA) is 42.0 Å². The van der Waals surface area contributed by atoms with E-state index in [-0.39, 0.29) is 17.9 Å². The Morgan fingerprint density at radius 1 is 1.57 bits per heavy atom. The molecule has 0 radical (unpaired) electrons. The first-order valence-electron chi connectivity index (χ1n) is 5.01. The quantitative estimate of drug-likeness (QED) is 0.767. The molecule has 0 spiro atoms. The molecular formula is C11H14N2O. The van der Waals surface area contributed by atoms with Crippen LogP contribution in [0.4, 0.5) is 0 Å². The molecule has 0 aliphatic carbocycles. The number of hydrogen-bond acceptors (Lipinski definition) is 2. The van der Waals surface area contributed by atoms with Crippen LogP contribution in [0.2, 0.25) is 0 Å². The molecule has 1 aromatic rings. The van der Waals surface area contributed by atoms with Gasteiger partial charge in [0.1, 0.15) is 0 Å². The van der Waals surface area contributed by atoms with Gasteiger partial charge in [-0.2, -0.15) is 0 Å². The fraction of sp³-hybridized carbons (Fsp3) is 0.455. The molecule has 1 N–H and O–H groups in total. The average molecular weight is 190 g/mol. The summed E-state index contributed by atoms with van der Waals surface area (Å²) < 4.78 is 0. The Kier molecular flexibility index (Phi) is 2.48. The van der Waals surface area contributed by atoms with E-state index in [1.165, 1.54) is 0 Å². The number of nitrogens with one attached hydrogen (secondary N) is 1. The summed E-state index contributed by atoms with van der Waals surface area (Å²) >= 11 is 0. The van der Waals surface area contributed by atoms with Gasteiger partial charge in [-0.1, -0.05) is 13.0 Å². The van der Waals surface area contributed by atoms with E-state index in [0.29, 0.717) is 6.42 Å². The summed E-state index contributed by atoms with van der Waals surface area (Å²) in [6.45, 7) is 2.09. The molecule has 74 valence electrons. The molecule has 1 aromatic heterocycles. The van der Waals surface area contributed by atoms with Crippen molar-refractivity contribution in [1.29, 1.82) is 0 Å². The SMILES string of the molecule is CCC1NC(=O)CC1c1ccccn1. The Labute approximate surface area is 83.5 Å². The number of carbonyl (C=O) groups is 1. The summed E-state index contributed by atoms with van der Waals surface area (Å²) in [6, 6.07) is 6.12. The van der Waals surface area contributed by atoms with Gasteiger partial charge in [0.05, 0.1) is 0 Å². The third-order valence-corrected chi connectivity index (χ3v) is 2.74. The second kappa shape index (κ2) is 3.78. The van der Waals surface area contributed by atoms with Gasteiger partial charge in [0.15, 0.2) is 0 Å². The predicted molar refractivity (Wildman–Crippen MR) is 53.8 cm³/mol. The standard InChI is InChI=1S/C11H14N2O/c1-2-9-8(7-11(14)13-9)10-5-3-4-6-12-10/h3-6,8-9H,2,7H2,1H3,(H,13,14). The normalized spacial score (nSPS) is 26.2. The number of hydrogen-bond donors (Lipinski definition) is 1. The first-order chi connectivity index (χ1) is 6.81. The maximum absolute atomic E-state index is 11.3. The molecule has 2 unspecified atom stereocenters. The van der Waals surface area contributed by atoms with Crippen LogP contribution in [0.25, 0.3) is 0 Å². The van der Waals surface area contributed by atoms with Crippen molar-refractivity contribution in [3.63, 3.8) is 0 Å². The number of carbonyl (C=O) groups excluding carboxylic acids is 1. The van der Waals surface area contributed by atoms with Crippen molar-refractivity contribution in [1.82, 2.24) is 10.3 Å². The van der Waals surface area contributed by atoms with E-state index in [1.807, 2.05) is 18.2 Å². The van der Waals surface area contributed by atoms with Crippen LogP contribution in [0, 0.1) is 0 Å². The second-order valence-corrected chi connectivity index (χ2v) is 3.65. The molecule has 0 bridgehead atoms. The molecule has 1 saturated heterocycles. The van der Waals surface area contributed by atoms with Crippen LogP contribution in [0.5, 0.6) is 0 Å². The zero-order chi connectivity index (χ0) is 9.97. The third kappa shape index (κ3) is 1.62. The molecule has 3 nitrogen and oxygen atoms in total. The summed E-state index contributed by atoms with van der Waals surface area (Å²) in [7, 11) is 0. The molecular weight excluding hydrogens is 176 g/mol. The fourth-order valence-corrected chi connectivity index (χ4v) is 2.00. The van der Waals surface area contributed by atoms with Crippen LogP contribution in [0.1, 0.15) is 31.4 Å². The lowest BCUT2D eigenvalue weighted by atomic mass is 9.94. The lowest BCUT2D eigenvalue weighted by Gasteiger charge is -2.15. The van der Waals surface area contributed by atoms with Crippen LogP contribution in [0.15, 0.2) is 24.4 Å². The van der Waals surface area contributed by atoms with Crippen molar-refractivity contribution in [2.75, 3.05) is 0 Å². The smallest absolute Gasteiger partial charge is 0.220 e. The van der Waals surface area contributed by atoms with Gasteiger partial charge in [-0.05, 0) is 18.6 Å². The summed E-state index contributed by atoms with van der Waals surface area (Å²) in [5.74, 6) is 0.404. The van der Waals surface area contributed by atoms with Gasteiger partial charge in [-0.3, -0.25) is 9.78 Å². The second-order valence-electron chi connectivity index (χ2n) is 3.65. The van der Waals surface area contributed by atoms with Crippen LogP contribution in [0.3, 0.4) is 0 Å². The Bertz CT molecular complexity index is 323. The minimum Gasteiger partial charge on any atom is -0.353 e. The molecule has 14 heavy (non-hydrogen) atoms. The summed E-state index contributed by atoms with van der Waals surface area (Å²) in [5.41, 5.74) is 1.03. The van der Waals surface area contributed by atoms with Gasteiger partial charge in [0.2, 0.25) is 5.91 Å². The van der Waals surface area contributed by atoms with Crippen molar-refractivity contribution in [3.8, 4) is 0 Å². The first-order valence-corrected chi connectivity index (χ1v) is 5.01. The Morgan fingerprint density at radius 3 is 3.07 bits per heavy atom. The number of aromatic nitrogens is 1. The zero-order valence-electron chi connectivity index (χ0n) is 8.23. The fourth-order valence-electron chi connectivity index (χ4n) is 2.00. The lowest BCUT2D eigenvalue weighted by Crippen LogP contribution is -2.27. The Morgan fingerprint density at radius 2 is 2.43 bits per heavy atom. The lowest BCUT2D eigenvalue weighted by molar-refractivity contribution is -0.119. The molecule has 1 amide bonds. The van der Waals surface area contributed by atoms with Crippen molar-refractivity contribution < 1.29 is 4.79 Å². The highest BCUT2D eigenvalue weighted by molar-refractivity contribution is 5.80. The number of pyridine rings is 1. The molecule has 2 heterocycles. The monoisotopic (exact) mass is 190 g/mol. The molecule has 0 saturated carbocycles. The molecule has 1 fully saturated rings. The number of nitrogens with zero attached hydrogens (tertiary/aromatic N) is 1. The van der Waals surface area contributed by atoms with E-state index in [4.69, 9.17) is 0 Å². The van der Waals surface area contributed by atoms with Crippen molar-refractivity contribution in [3.05, 3.63) is 30.1 Å². The maximum Gasteiger partial charge on any atom is 0.220 e. The Balaban J connectivity index is 2.22. The predicted octanol–water partition coefficient (Wildman–Crippen LogP) is 1.46. The average Bonchev–Trinajstić information content (AvgIpc) is 2.61. The Hall–Kier alpha value is -1.38. The summed E-state index contributed by atoms with van der Waals surface area (Å²) in [4.78, 5) is 15.6. The molecule has 2 atom stereocenters. The van der Waals surface area contributed by atoms with Crippen molar-refractivity contribution in [2.45, 2.75) is 31.7 Å². The minimum absolute atomic E-state index is 0.146. The molecule has 1 aliphatic heterocycles. The van der Waals surface area contributed by atoms with Crippen LogP contribution < -0.4 is 5.32 Å². The van der Waals surface area contributed by atoms with Gasteiger partial charge in [-0.25, -0.2) is 0 Å². The maximum atomic E-state index is 11.3. The third-order valence-electron chi connectivity index (χ3n) is 2.74. The van der Waals surface area contributed by atoms with Crippen molar-refractivity contribution >= 4 is 5.91 Å². The van der Waals surface area contributed by atoms with Gasteiger partial charge < -0.3 is 5.32 Å². The molecule has 1 aliphatic rings. The summed E-state index contributed by atoms with van der Waals surface area (Å²) in [6.07, 6.45) is 3.33. The van der Waals surface area contributed by atoms with Crippen LogP contribution >= 0.6 is 0 Å². The van der Waals surface area contributed by atoms with Gasteiger partial charge in [0, 0.05) is 30.3 Å². The van der Waals surface area contributed by atoms with Gasteiger partial charge in [0.25, 0.3) is 0 Å². The van der Waals surface area contributed by atoms with E-state index >= 15 is 0 Å². The van der Waals surface area contributed by atoms with Crippen LogP contribution in [-0.2, 0) is 4.79 Å². The number of rotatable bonds is 2. The van der Waals surface area contributed by atoms with E-state index in [9.17, 15) is 4.79 Å². The highest BCUT2D eigenvalue weighted by Crippen LogP contribution is 2.28. The highest BCUT2D eigenvalue weighted by atomic mass is 16.2. The first kappa shape index (κ1) is 9.19. The number of amides is 1. The molecule has 0 aromatic carbocycles. The largest absolute Gasteiger partial charge is 0.353 e. The van der Waals surface area contributed by atoms with E-state index in [0.717, 1.165) is 12.1 Å². The van der Waals surface area contributed by atoms with Crippen molar-refractivity contribution in [2.24, 2.45) is 0 Å². The molecule has 2 rings (SSSR count). The van der Waals surface area contributed by atoms with E-state index < -0.39 is 0 Å². The van der Waals surface area contributed by atoms with Crippen LogP contribution in [-0.4, -0.2) is 16.9 Å². The summed E-state index contributed by atoms with van der Waals surface area (Å²) in [5, 5.41) is 2.97.